The number of anilines is 13. The van der Waals surface area contributed by atoms with Gasteiger partial charge >= 0.3 is 5.97 Å². The molecule has 10 aromatic carbocycles. The highest BCUT2D eigenvalue weighted by molar-refractivity contribution is 7.90. The topological polar surface area (TPSA) is 600 Å². The van der Waals surface area contributed by atoms with Crippen LogP contribution in [0.4, 0.5) is 73.6 Å². The summed E-state index contributed by atoms with van der Waals surface area (Å²) in [5.41, 5.74) is 10.3. The van der Waals surface area contributed by atoms with Gasteiger partial charge in [-0.2, -0.15) is 0 Å². The number of rotatable bonds is 22. The van der Waals surface area contributed by atoms with Crippen molar-refractivity contribution >= 4 is 292 Å². The van der Waals surface area contributed by atoms with Crippen LogP contribution in [0.1, 0.15) is 63.9 Å². The number of aromatic nitrogens is 15. The Morgan fingerprint density at radius 2 is 0.664 bits per heavy atom. The Balaban J connectivity index is 0.000000120. The van der Waals surface area contributed by atoms with E-state index in [0.717, 1.165) is 160 Å². The zero-order valence-electron chi connectivity index (χ0n) is 78.5. The fourth-order valence-electron chi connectivity index (χ4n) is 15.4. The summed E-state index contributed by atoms with van der Waals surface area (Å²) in [6, 6.07) is 50.5. The van der Waals surface area contributed by atoms with Crippen LogP contribution >= 0.6 is 56.7 Å². The number of benzene rings is 10. The fourth-order valence-corrected chi connectivity index (χ4v) is 23.5. The van der Waals surface area contributed by atoms with Gasteiger partial charge in [-0.1, -0.05) is 64.3 Å². The number of fused-ring (bicyclic) bond motifs is 15. The third-order valence-corrected chi connectivity index (χ3v) is 32.6. The highest BCUT2D eigenvalue weighted by Gasteiger charge is 2.27. The lowest BCUT2D eigenvalue weighted by Crippen LogP contribution is -2.36. The zero-order chi connectivity index (χ0) is 103. The molecule has 2 fully saturated rings. The van der Waals surface area contributed by atoms with Gasteiger partial charge < -0.3 is 50.8 Å². The summed E-state index contributed by atoms with van der Waals surface area (Å²) in [5, 5.41) is 50.3. The predicted octanol–water partition coefficient (Wildman–Crippen LogP) is 16.2. The number of hydrogen-bond donors (Lipinski definition) is 10. The number of carbonyl (C=O) groups excluding carboxylic acids is 1. The molecule has 2 aliphatic rings. The molecule has 2 saturated heterocycles. The Morgan fingerprint density at radius 1 is 0.370 bits per heavy atom. The number of piperidine rings is 1. The predicted molar refractivity (Wildman–Crippen MR) is 576 cm³/mol. The summed E-state index contributed by atoms with van der Waals surface area (Å²) in [5.74, 6) is 1.49. The average Bonchev–Trinajstić information content (AvgIpc) is 1.63. The van der Waals surface area contributed by atoms with Crippen LogP contribution in [0, 0.1) is 12.3 Å². The first kappa shape index (κ1) is 102. The van der Waals surface area contributed by atoms with Crippen LogP contribution in [-0.4, -0.2) is 175 Å². The van der Waals surface area contributed by atoms with Crippen LogP contribution in [0.5, 0.6) is 0 Å². The third-order valence-electron chi connectivity index (χ3n) is 22.6. The van der Waals surface area contributed by atoms with Gasteiger partial charge in [-0.25, -0.2) is 143 Å². The number of aryl methyl sites for hydroxylation is 1. The molecule has 0 unspecified atom stereocenters. The molecular weight excluding hydrogens is 2060 g/mol. The molecule has 10 aromatic heterocycles. The van der Waals surface area contributed by atoms with E-state index >= 15 is 0 Å². The minimum atomic E-state index is -3.82. The summed E-state index contributed by atoms with van der Waals surface area (Å²) in [7, 11) is -18.9. The number of nitrogens with two attached hydrogens (primary N) is 5. The zero-order valence-corrected chi connectivity index (χ0v) is 86.7. The molecule has 15 N–H and O–H groups in total. The van der Waals surface area contributed by atoms with Gasteiger partial charge in [-0.3, -0.25) is 4.79 Å². The molecule has 12 heterocycles. The summed E-state index contributed by atoms with van der Waals surface area (Å²) in [4.78, 5) is 87.1. The summed E-state index contributed by atoms with van der Waals surface area (Å²) < 4.78 is 131. The van der Waals surface area contributed by atoms with E-state index in [1.165, 1.54) is 91.3 Å². The van der Waals surface area contributed by atoms with Crippen molar-refractivity contribution in [3.63, 3.8) is 0 Å². The minimum Gasteiger partial charge on any atom is -0.458 e. The van der Waals surface area contributed by atoms with Crippen molar-refractivity contribution in [1.29, 1.82) is 0 Å². The largest absolute Gasteiger partial charge is 0.458 e. The van der Waals surface area contributed by atoms with Crippen molar-refractivity contribution in [1.82, 2.24) is 74.8 Å². The van der Waals surface area contributed by atoms with Crippen molar-refractivity contribution in [2.45, 2.75) is 91.9 Å². The Kier molecular flexibility index (Phi) is 29.6. The first-order valence-corrected chi connectivity index (χ1v) is 56.8. The molecule has 0 aliphatic carbocycles. The van der Waals surface area contributed by atoms with Crippen molar-refractivity contribution in [3.8, 4) is 0 Å². The Bertz CT molecular complexity index is 8850. The number of ether oxygens (including phenoxy) is 2. The van der Waals surface area contributed by atoms with Crippen molar-refractivity contribution in [2.24, 2.45) is 31.1 Å². The van der Waals surface area contributed by atoms with Crippen molar-refractivity contribution in [2.75, 3.05) is 93.8 Å². The first-order chi connectivity index (χ1) is 69.7. The molecule has 0 spiro atoms. The first-order valence-electron chi connectivity index (χ1n) is 45.0. The average molecular weight is 2150 g/mol. The highest BCUT2D eigenvalue weighted by Crippen LogP contribution is 2.41. The fraction of sp³-hybridized carbons (Fsp3) is 0.200. The van der Waals surface area contributed by atoms with Crippen LogP contribution in [0.2, 0.25) is 0 Å². The van der Waals surface area contributed by atoms with Crippen LogP contribution in [0.15, 0.2) is 237 Å². The lowest BCUT2D eigenvalue weighted by molar-refractivity contribution is -0.154. The normalized spacial score (nSPS) is 13.3. The Labute approximate surface area is 855 Å². The van der Waals surface area contributed by atoms with E-state index < -0.39 is 55.5 Å². The number of nitrogens with one attached hydrogen (secondary N) is 5. The van der Waals surface area contributed by atoms with E-state index in [0.29, 0.717) is 81.9 Å². The molecule has 0 amide bonds. The summed E-state index contributed by atoms with van der Waals surface area (Å²) in [6.07, 6.45) is 12.3. The maximum atomic E-state index is 12.0. The SMILES string of the molecule is CC(C)(C)C(=O)OCc1nc2ccc3cnc(Nc4cccc(S(N)(=O)=O)c4)nc3c2s1.CCN(CC)c1nc2ccc3cnc(Nc4cccc(S(N)(=O)=O)c4)nc3c2s1.Cc1nc2ccc3cnc(Nc4cccc(S(N)(=O)=O)c4)nc3c2s1.NS(=O)(=O)c1cccc(Nc2ncc3ccc4nc(N5CCCCC5)sc4c3n2)c1.NS(=O)(=O)c1cccc(Nc2ncc3ccc4nc(N5CCOCC5)sc4c3n2)c1. The van der Waals surface area contributed by atoms with E-state index in [4.69, 9.17) is 55.1 Å². The van der Waals surface area contributed by atoms with Crippen LogP contribution in [-0.2, 0) is 71.0 Å². The van der Waals surface area contributed by atoms with Gasteiger partial charge in [0.25, 0.3) is 0 Å². The van der Waals surface area contributed by atoms with Gasteiger partial charge in [0.1, 0.15) is 11.6 Å². The Hall–Kier alpha value is -14.3. The third kappa shape index (κ3) is 24.1. The molecular formula is C95H92N28O13S10. The van der Waals surface area contributed by atoms with E-state index in [9.17, 15) is 46.9 Å². The van der Waals surface area contributed by atoms with Gasteiger partial charge in [-0.05, 0) is 212 Å². The number of esters is 1. The number of sulfonamides is 5. The molecule has 51 heteroatoms. The molecule has 41 nitrogen and oxygen atoms in total. The molecule has 0 bridgehead atoms. The number of morpholine rings is 1. The highest BCUT2D eigenvalue weighted by atomic mass is 32.2. The van der Waals surface area contributed by atoms with E-state index in [2.05, 4.69) is 110 Å². The van der Waals surface area contributed by atoms with E-state index in [1.807, 2.05) is 67.6 Å². The number of hydrogen-bond acceptors (Lipinski definition) is 41. The van der Waals surface area contributed by atoms with Gasteiger partial charge in [0.05, 0.1) is 127 Å². The number of nitrogens with zero attached hydrogens (tertiary/aromatic N) is 18. The van der Waals surface area contributed by atoms with Gasteiger partial charge in [0.2, 0.25) is 79.9 Å². The molecule has 2 aliphatic heterocycles. The molecule has 750 valence electrons. The second-order valence-corrected chi connectivity index (χ2v) is 47.2. The molecule has 0 radical (unpaired) electrons. The molecule has 146 heavy (non-hydrogen) atoms. The number of carbonyl (C=O) groups is 1. The maximum Gasteiger partial charge on any atom is 0.311 e. The standard InChI is InChI=1S/C21H21N5O4S2.C20H20N6O2S2.C19H18N6O3S2.C19H20N6O2S2.C16H13N5O2S2/c1-21(2,3)19(27)30-11-16-25-15-8-7-12-10-23-20(26-17(12)18(15)31-16)24-13-5-4-6-14(9-13)32(22,28)29;21-30(27,28)15-6-4-5-14(11-15)23-19-22-12-13-7-8-16-18(17(13)25-19)29-20(24-16)26-9-2-1-3-10-26;20-30(26,27)14-3-1-2-13(10-14)22-18-21-11-12-4-5-15-17(16(12)24-18)29-19(23-15)25-6-8-28-9-7-25;1-3-25(4-2)19-23-15-9-8-12-11-21-18(24-16(12)17(15)28-19)22-13-6-5-7-14(10-13)29(20,26)27;1-9-19-13-6-5-10-8-18-16(21-14(10)15(13)24-9)20-11-3-2-4-12(7-11)25(17,22)23/h4-10H,11H2,1-3H3,(H2,22,28,29)(H,23,24,26);4-8,11-12H,1-3,9-10H2,(H2,21,27,28)(H,22,23,25);1-5,10-11H,6-9H2,(H2,20,26,27)(H,21,22,24);5-11H,3-4H2,1-2H3,(H2,20,26,27)(H,21,22,24);2-8H,1H3,(H2,17,22,23)(H,18,20,21). The molecule has 0 atom stereocenters. The van der Waals surface area contributed by atoms with E-state index in [1.54, 1.807) is 158 Å². The van der Waals surface area contributed by atoms with Gasteiger partial charge in [0.15, 0.2) is 15.4 Å². The second-order valence-electron chi connectivity index (χ2n) is 34.2. The second kappa shape index (κ2) is 42.4. The van der Waals surface area contributed by atoms with E-state index in [-0.39, 0.29) is 37.1 Å². The van der Waals surface area contributed by atoms with Crippen LogP contribution in [0.3, 0.4) is 0 Å². The van der Waals surface area contributed by atoms with Crippen molar-refractivity contribution in [3.05, 3.63) is 223 Å². The molecule has 22 rings (SSSR count). The Morgan fingerprint density at radius 3 is 0.986 bits per heavy atom. The van der Waals surface area contributed by atoms with Gasteiger partial charge in [-0.15, -0.1) is 22.7 Å². The number of thiazole rings is 5. The lowest BCUT2D eigenvalue weighted by atomic mass is 9.97. The van der Waals surface area contributed by atoms with Gasteiger partial charge in [0, 0.05) is 126 Å². The molecule has 0 saturated carbocycles. The van der Waals surface area contributed by atoms with Crippen LogP contribution in [0.25, 0.3) is 106 Å². The van der Waals surface area contributed by atoms with Crippen LogP contribution < -0.4 is 67.0 Å². The quantitative estimate of drug-likeness (QED) is 0.0282. The summed E-state index contributed by atoms with van der Waals surface area (Å²) >= 11 is 7.84. The monoisotopic (exact) mass is 2150 g/mol. The van der Waals surface area contributed by atoms with Crippen molar-refractivity contribution < 1.29 is 56.4 Å². The molecule has 20 aromatic rings. The summed E-state index contributed by atoms with van der Waals surface area (Å²) in [6.45, 7) is 18.5. The minimum absolute atomic E-state index is 0.0115. The number of primary sulfonamides is 5. The smallest absolute Gasteiger partial charge is 0.311 e. The maximum absolute atomic E-state index is 12.0. The lowest BCUT2D eigenvalue weighted by Gasteiger charge is -2.25.